The minimum atomic E-state index is -1.97. The van der Waals surface area contributed by atoms with Gasteiger partial charge in [-0.05, 0) is 60.3 Å². The van der Waals surface area contributed by atoms with Crippen molar-refractivity contribution < 1.29 is 87.2 Å². The maximum Gasteiger partial charge on any atom is 0.305 e. The number of aromatic amines is 2. The molecule has 0 bridgehead atoms. The first kappa shape index (κ1) is 90.3. The molecule has 112 heavy (non-hydrogen) atoms. The van der Waals surface area contributed by atoms with E-state index in [-0.39, 0.29) is 74.5 Å². The summed E-state index contributed by atoms with van der Waals surface area (Å²) in [4.78, 5) is 228. The summed E-state index contributed by atoms with van der Waals surface area (Å²) < 4.78 is 0. The molecule has 36 nitrogen and oxygen atoms in total. The molecule has 2 fully saturated rings. The van der Waals surface area contributed by atoms with Crippen molar-refractivity contribution >= 4 is 110 Å². The van der Waals surface area contributed by atoms with Gasteiger partial charge in [0.2, 0.25) is 82.7 Å². The van der Waals surface area contributed by atoms with E-state index < -0.39 is 211 Å². The van der Waals surface area contributed by atoms with Crippen LogP contribution in [0.4, 0.5) is 0 Å². The van der Waals surface area contributed by atoms with Crippen LogP contribution in [0.3, 0.4) is 0 Å². The summed E-state index contributed by atoms with van der Waals surface area (Å²) >= 11 is 0. The lowest BCUT2D eigenvalue weighted by Gasteiger charge is -2.31. The van der Waals surface area contributed by atoms with Crippen LogP contribution < -0.4 is 69.1 Å². The summed E-state index contributed by atoms with van der Waals surface area (Å²) in [7, 11) is 1.71. The zero-order chi connectivity index (χ0) is 82.1. The van der Waals surface area contributed by atoms with E-state index in [0.717, 1.165) is 45.8 Å². The number of aromatic hydroxyl groups is 1. The number of fused-ring (bicyclic) bond motifs is 1. The lowest BCUT2D eigenvalue weighted by molar-refractivity contribution is -0.142. The van der Waals surface area contributed by atoms with Crippen LogP contribution in [0.15, 0.2) is 79.6 Å². The third-order valence-electron chi connectivity index (χ3n) is 18.3. The number of hydrogen-bond acceptors (Lipinski definition) is 21. The lowest BCUT2D eigenvalue weighted by atomic mass is 9.96. The molecule has 2 aromatic heterocycles. The quantitative estimate of drug-likeness (QED) is 0.0182. The van der Waals surface area contributed by atoms with E-state index in [9.17, 15) is 63.3 Å². The fourth-order valence-corrected chi connectivity index (χ4v) is 14.5. The molecule has 4 heterocycles. The van der Waals surface area contributed by atoms with Gasteiger partial charge in [0.1, 0.15) is 72.2 Å². The van der Waals surface area contributed by atoms with Crippen LogP contribution in [0.5, 0.6) is 5.75 Å². The van der Waals surface area contributed by atoms with E-state index in [2.05, 4.69) is 89.1 Å². The number of carboxylic acids is 1. The first-order chi connectivity index (χ1) is 53.3. The molecule has 14 amide bonds. The number of phenols is 1. The lowest BCUT2D eigenvalue weighted by Crippen LogP contribution is -2.62. The number of benzene rings is 2. The molecule has 13 atom stereocenters. The van der Waals surface area contributed by atoms with Crippen LogP contribution in [0.25, 0.3) is 0 Å². The van der Waals surface area contributed by atoms with Gasteiger partial charge >= 0.3 is 5.97 Å². The van der Waals surface area contributed by atoms with Gasteiger partial charge in [0, 0.05) is 76.0 Å². The number of amides is 14. The van der Waals surface area contributed by atoms with Gasteiger partial charge in [-0.1, -0.05) is 132 Å². The number of carbonyl (C=O) groups excluding carboxylic acids is 14. The van der Waals surface area contributed by atoms with E-state index in [1.807, 2.05) is 6.92 Å². The number of unbranched alkanes of at least 4 members (excludes halogenated alkanes) is 2. The molecule has 612 valence electrons. The molecule has 4 aromatic rings. The number of nitrogens with one attached hydrogen (secondary N) is 15. The van der Waals surface area contributed by atoms with Crippen LogP contribution in [0.1, 0.15) is 129 Å². The summed E-state index contributed by atoms with van der Waals surface area (Å²) in [5.41, 5.74) is 1.47. The van der Waals surface area contributed by atoms with Crippen molar-refractivity contribution in [1.82, 2.24) is 94.0 Å². The fraction of sp³-hybridized carbons (Fsp3) is 0.554. The maximum absolute atomic E-state index is 15.5. The van der Waals surface area contributed by atoms with Crippen molar-refractivity contribution in [3.05, 3.63) is 102 Å². The molecular formula is C74H106N18O18S2. The molecule has 38 heteroatoms. The molecule has 0 aliphatic carbocycles. The smallest absolute Gasteiger partial charge is 0.305 e. The summed E-state index contributed by atoms with van der Waals surface area (Å²) in [5.74, 6) is -16.3. The van der Waals surface area contributed by atoms with E-state index >= 15 is 24.0 Å². The number of phenolic OH excluding ortho intramolecular Hbond substituents is 1. The van der Waals surface area contributed by atoms with Crippen molar-refractivity contribution in [2.75, 3.05) is 37.7 Å². The Bertz CT molecular complexity index is 3840. The molecule has 2 aliphatic heterocycles. The van der Waals surface area contributed by atoms with Gasteiger partial charge in [0.05, 0.1) is 49.7 Å². The number of aliphatic hydroxyl groups excluding tert-OH is 1. The Hall–Kier alpha value is -10.6. The van der Waals surface area contributed by atoms with Crippen molar-refractivity contribution in [3.8, 4) is 5.75 Å². The minimum absolute atomic E-state index is 0.0147. The van der Waals surface area contributed by atoms with Crippen molar-refractivity contribution in [2.24, 2.45) is 17.8 Å². The molecule has 2 aliphatic rings. The number of carbonyl (C=O) groups is 15. The second kappa shape index (κ2) is 45.6. The molecule has 18 N–H and O–H groups in total. The molecule has 2 saturated heterocycles. The first-order valence-electron chi connectivity index (χ1n) is 37.3. The highest BCUT2D eigenvalue weighted by Gasteiger charge is 2.45. The number of aliphatic carboxylic acids is 1. The molecule has 2 unspecified atom stereocenters. The second-order valence-corrected chi connectivity index (χ2v) is 31.1. The molecular weight excluding hydrogens is 1490 g/mol. The summed E-state index contributed by atoms with van der Waals surface area (Å²) in [5, 5.41) is 65.8. The average molecular weight is 1600 g/mol. The predicted octanol–water partition coefficient (Wildman–Crippen LogP) is -1.51. The molecule has 0 spiro atoms. The van der Waals surface area contributed by atoms with Gasteiger partial charge in [-0.15, -0.1) is 0 Å². The van der Waals surface area contributed by atoms with E-state index in [1.54, 1.807) is 71.9 Å². The van der Waals surface area contributed by atoms with Crippen LogP contribution in [0.2, 0.25) is 0 Å². The highest BCUT2D eigenvalue weighted by Crippen LogP contribution is 2.27. The Balaban J connectivity index is 1.38. The van der Waals surface area contributed by atoms with Crippen LogP contribution in [0, 0.1) is 17.8 Å². The number of aromatic nitrogens is 4. The first-order valence-corrected chi connectivity index (χ1v) is 39.8. The van der Waals surface area contributed by atoms with Gasteiger partial charge < -0.3 is 99.3 Å². The van der Waals surface area contributed by atoms with E-state index in [4.69, 9.17) is 0 Å². The van der Waals surface area contributed by atoms with Gasteiger partial charge in [-0.2, -0.15) is 0 Å². The predicted molar refractivity (Wildman–Crippen MR) is 412 cm³/mol. The van der Waals surface area contributed by atoms with Crippen molar-refractivity contribution in [2.45, 2.75) is 205 Å². The van der Waals surface area contributed by atoms with Gasteiger partial charge in [-0.25, -0.2) is 9.97 Å². The molecule has 0 radical (unpaired) electrons. The third kappa shape index (κ3) is 30.2. The van der Waals surface area contributed by atoms with E-state index in [1.165, 1.54) is 56.2 Å². The number of nitrogens with zero attached hydrogens (tertiary/aromatic N) is 3. The zero-order valence-electron chi connectivity index (χ0n) is 64.0. The summed E-state index contributed by atoms with van der Waals surface area (Å²) in [6, 6.07) is -3.19. The van der Waals surface area contributed by atoms with E-state index in [0.29, 0.717) is 17.7 Å². The highest BCUT2D eigenvalue weighted by atomic mass is 33.1. The topological polar surface area (TPSA) is 534 Å². The van der Waals surface area contributed by atoms with Crippen LogP contribution in [-0.4, -0.2) is 239 Å². The Kier molecular flexibility index (Phi) is 36.8. The largest absolute Gasteiger partial charge is 0.508 e. The van der Waals surface area contributed by atoms with Crippen LogP contribution >= 0.6 is 21.6 Å². The fourth-order valence-electron chi connectivity index (χ4n) is 12.2. The summed E-state index contributed by atoms with van der Waals surface area (Å²) in [6.45, 7) is 12.6. The standard InChI is InChI=1S/C74H106N18O18S2/c1-9-11-15-22-77-60(96)33-78-61(97)34-79-64(100)50(23-40(3)4)88-73(109)63(42(7)10-2)91-70(106)55(28-47-32-76-39-81-47)85-71(107)57-36-111-112-37-58(90-68(104)54(27-46-31-75-38-80-46)84-66(102)52(82-43(8)93)25-44-16-13-12-14-17-44)74(110)92-35-49(95)29-59(92)72(108)87-53(26-45-18-20-48(94)21-19-45)67(103)86-56(30-62(98)99)69(105)83-51(24-41(5)6)65(101)89-57/h12-14,16-21,31-32,38-42,49-59,63,94-95H,9-11,15,22-30,33-37H2,1-8H3,(H,75,80)(H,76,81)(H,77,96)(H,78,97)(H,79,100)(H,82,93)(H,83,105)(H,84,102)(H,85,107)(H,86,103)(H,87,108)(H,88,109)(H,89,101)(H,90,104)(H,91,106)(H,98,99)/t42?,49?,50-,51-,52-,53-,54-,55-,56-,57-,58-,59-,63-/m1/s1. The minimum Gasteiger partial charge on any atom is -0.508 e. The van der Waals surface area contributed by atoms with Gasteiger partial charge in [0.15, 0.2) is 0 Å². The number of hydrogen-bond donors (Lipinski definition) is 18. The highest BCUT2D eigenvalue weighted by molar-refractivity contribution is 8.76. The number of carboxylic acid groups (broad SMARTS) is 1. The molecule has 6 rings (SSSR count). The van der Waals surface area contributed by atoms with Gasteiger partial charge in [0.25, 0.3) is 0 Å². The number of imidazole rings is 2. The Morgan fingerprint density at radius 3 is 1.79 bits per heavy atom. The normalized spacial score (nSPS) is 20.2. The monoisotopic (exact) mass is 1600 g/mol. The van der Waals surface area contributed by atoms with Crippen molar-refractivity contribution in [1.29, 1.82) is 0 Å². The zero-order valence-corrected chi connectivity index (χ0v) is 65.7. The SMILES string of the molecule is CCCCCNC(=O)CNC(=O)CNC(=O)[C@@H](CC(C)C)NC(=O)[C@H](NC(=O)[C@@H](Cc1c[nH]cn1)NC(=O)[C@H]1CSSC[C@@H](NC(=O)[C@@H](Cc2c[nH]cn2)NC(=O)[C@@H](Cc2ccccc2)NC(C)=O)C(=O)N2CC(O)C[C@@H]2C(=O)N[C@H](Cc2ccc(O)cc2)C(=O)N[C@H](CC(=O)O)C(=O)N[C@H](CC(C)C)C(=O)N1)C(C)CC. The Morgan fingerprint density at radius 1 is 0.598 bits per heavy atom. The number of aliphatic hydroxyl groups is 1. The molecule has 0 saturated carbocycles. The molecule has 2 aromatic carbocycles. The van der Waals surface area contributed by atoms with Crippen molar-refractivity contribution in [3.63, 3.8) is 0 Å². The number of rotatable bonds is 36. The van der Waals surface area contributed by atoms with Gasteiger partial charge in [-0.3, -0.25) is 71.9 Å². The maximum atomic E-state index is 15.5. The number of H-pyrrole nitrogens is 2. The van der Waals surface area contributed by atoms with Crippen LogP contribution in [-0.2, 0) is 97.6 Å². The Labute approximate surface area is 656 Å². The third-order valence-corrected chi connectivity index (χ3v) is 20.7. The average Bonchev–Trinajstić information content (AvgIpc) is 1.63. The second-order valence-electron chi connectivity index (χ2n) is 28.6. The summed E-state index contributed by atoms with van der Waals surface area (Å²) in [6.07, 6.45) is 4.39. The Morgan fingerprint density at radius 2 is 1.18 bits per heavy atom.